The molecule has 106 valence electrons. The van der Waals surface area contributed by atoms with Crippen molar-refractivity contribution in [3.8, 4) is 0 Å². The van der Waals surface area contributed by atoms with Crippen LogP contribution in [0.5, 0.6) is 0 Å². The molecule has 0 saturated carbocycles. The minimum Gasteiger partial charge on any atom is -0.481 e. The molecule has 1 aromatic heterocycles. The van der Waals surface area contributed by atoms with Gasteiger partial charge in [-0.05, 0) is 42.0 Å². The zero-order valence-electron chi connectivity index (χ0n) is 11.7. The molecule has 0 bridgehead atoms. The van der Waals surface area contributed by atoms with E-state index in [1.807, 2.05) is 17.5 Å². The van der Waals surface area contributed by atoms with Crippen LogP contribution < -0.4 is 5.32 Å². The van der Waals surface area contributed by atoms with Crippen molar-refractivity contribution in [2.75, 3.05) is 0 Å². The van der Waals surface area contributed by atoms with Crippen LogP contribution in [0.15, 0.2) is 35.7 Å². The molecule has 1 unspecified atom stereocenters. The third-order valence-corrected chi connectivity index (χ3v) is 4.38. The number of hydrogen-bond donors (Lipinski definition) is 2. The Bertz CT molecular complexity index is 578. The zero-order chi connectivity index (χ0) is 14.5. The standard InChI is InChI=1S/C16H19NO2S/c1-11-5-6-13(8-12(11)2)10-17-14(9-16(18)19)15-4-3-7-20-15/h3-8,14,17H,9-10H2,1-2H3,(H,18,19). The monoisotopic (exact) mass is 289 g/mol. The molecule has 3 nitrogen and oxygen atoms in total. The van der Waals surface area contributed by atoms with Crippen molar-refractivity contribution in [2.45, 2.75) is 32.9 Å². The van der Waals surface area contributed by atoms with E-state index in [9.17, 15) is 4.79 Å². The summed E-state index contributed by atoms with van der Waals surface area (Å²) in [5.41, 5.74) is 3.71. The molecular formula is C16H19NO2S. The summed E-state index contributed by atoms with van der Waals surface area (Å²) in [7, 11) is 0. The lowest BCUT2D eigenvalue weighted by Gasteiger charge is -2.16. The molecule has 0 fully saturated rings. The van der Waals surface area contributed by atoms with Gasteiger partial charge in [-0.3, -0.25) is 4.79 Å². The van der Waals surface area contributed by atoms with E-state index < -0.39 is 5.97 Å². The Morgan fingerprint density at radius 1 is 1.30 bits per heavy atom. The summed E-state index contributed by atoms with van der Waals surface area (Å²) in [6, 6.07) is 10.1. The molecule has 0 amide bonds. The van der Waals surface area contributed by atoms with Gasteiger partial charge in [-0.2, -0.15) is 0 Å². The molecule has 2 rings (SSSR count). The van der Waals surface area contributed by atoms with Crippen molar-refractivity contribution in [1.29, 1.82) is 0 Å². The summed E-state index contributed by atoms with van der Waals surface area (Å²) in [5, 5.41) is 14.3. The molecule has 0 saturated heterocycles. The number of aliphatic carboxylic acids is 1. The molecule has 1 heterocycles. The highest BCUT2D eigenvalue weighted by Gasteiger charge is 2.15. The van der Waals surface area contributed by atoms with E-state index in [2.05, 4.69) is 37.4 Å². The highest BCUT2D eigenvalue weighted by atomic mass is 32.1. The fraction of sp³-hybridized carbons (Fsp3) is 0.312. The second kappa shape index (κ2) is 6.68. The van der Waals surface area contributed by atoms with E-state index in [0.717, 1.165) is 4.88 Å². The van der Waals surface area contributed by atoms with Gasteiger partial charge >= 0.3 is 5.97 Å². The number of carboxylic acids is 1. The van der Waals surface area contributed by atoms with Gasteiger partial charge in [0.1, 0.15) is 0 Å². The van der Waals surface area contributed by atoms with Crippen LogP contribution >= 0.6 is 11.3 Å². The first-order chi connectivity index (χ1) is 9.56. The first kappa shape index (κ1) is 14.8. The summed E-state index contributed by atoms with van der Waals surface area (Å²) < 4.78 is 0. The van der Waals surface area contributed by atoms with Crippen LogP contribution in [0.4, 0.5) is 0 Å². The number of carboxylic acid groups (broad SMARTS) is 1. The fourth-order valence-electron chi connectivity index (χ4n) is 2.09. The van der Waals surface area contributed by atoms with E-state index >= 15 is 0 Å². The second-order valence-corrected chi connectivity index (χ2v) is 5.94. The predicted octanol–water partition coefficient (Wildman–Crippen LogP) is 3.67. The molecule has 1 aromatic carbocycles. The van der Waals surface area contributed by atoms with E-state index in [1.54, 1.807) is 11.3 Å². The van der Waals surface area contributed by atoms with Crippen molar-refractivity contribution in [3.63, 3.8) is 0 Å². The van der Waals surface area contributed by atoms with Crippen LogP contribution in [-0.4, -0.2) is 11.1 Å². The van der Waals surface area contributed by atoms with Gasteiger partial charge in [-0.15, -0.1) is 11.3 Å². The average Bonchev–Trinajstić information content (AvgIpc) is 2.92. The number of benzene rings is 1. The summed E-state index contributed by atoms with van der Waals surface area (Å²) in [5.74, 6) is -0.781. The van der Waals surface area contributed by atoms with Crippen LogP contribution in [0.2, 0.25) is 0 Å². The van der Waals surface area contributed by atoms with Crippen LogP contribution in [0, 0.1) is 13.8 Å². The van der Waals surface area contributed by atoms with Crippen molar-refractivity contribution >= 4 is 17.3 Å². The Hall–Kier alpha value is -1.65. The minimum absolute atomic E-state index is 0.103. The van der Waals surface area contributed by atoms with Gasteiger partial charge in [0, 0.05) is 11.4 Å². The van der Waals surface area contributed by atoms with Crippen LogP contribution in [0.3, 0.4) is 0 Å². The second-order valence-electron chi connectivity index (χ2n) is 4.97. The van der Waals surface area contributed by atoms with Crippen molar-refractivity contribution in [2.24, 2.45) is 0 Å². The summed E-state index contributed by atoms with van der Waals surface area (Å²) in [4.78, 5) is 12.0. The highest BCUT2D eigenvalue weighted by molar-refractivity contribution is 7.10. The Morgan fingerprint density at radius 2 is 2.10 bits per heavy atom. The lowest BCUT2D eigenvalue weighted by Crippen LogP contribution is -2.22. The molecule has 0 spiro atoms. The smallest absolute Gasteiger partial charge is 0.305 e. The number of aryl methyl sites for hydroxylation is 2. The lowest BCUT2D eigenvalue weighted by atomic mass is 10.1. The summed E-state index contributed by atoms with van der Waals surface area (Å²) in [6.07, 6.45) is 0.103. The quantitative estimate of drug-likeness (QED) is 0.853. The summed E-state index contributed by atoms with van der Waals surface area (Å²) in [6.45, 7) is 4.86. The van der Waals surface area contributed by atoms with Gasteiger partial charge in [-0.1, -0.05) is 24.3 Å². The Labute approximate surface area is 123 Å². The van der Waals surface area contributed by atoms with Crippen LogP contribution in [0.25, 0.3) is 0 Å². The molecule has 1 atom stereocenters. The van der Waals surface area contributed by atoms with Gasteiger partial charge in [0.25, 0.3) is 0 Å². The Morgan fingerprint density at radius 3 is 2.70 bits per heavy atom. The van der Waals surface area contributed by atoms with E-state index in [0.29, 0.717) is 6.54 Å². The first-order valence-corrected chi connectivity index (χ1v) is 7.49. The molecule has 20 heavy (non-hydrogen) atoms. The maximum absolute atomic E-state index is 11.0. The van der Waals surface area contributed by atoms with Gasteiger partial charge in [-0.25, -0.2) is 0 Å². The third kappa shape index (κ3) is 3.92. The molecule has 2 N–H and O–H groups in total. The highest BCUT2D eigenvalue weighted by Crippen LogP contribution is 2.22. The first-order valence-electron chi connectivity index (χ1n) is 6.61. The maximum atomic E-state index is 11.0. The van der Waals surface area contributed by atoms with Crippen molar-refractivity contribution in [1.82, 2.24) is 5.32 Å². The number of carbonyl (C=O) groups is 1. The number of rotatable bonds is 6. The fourth-order valence-corrected chi connectivity index (χ4v) is 2.89. The minimum atomic E-state index is -0.781. The zero-order valence-corrected chi connectivity index (χ0v) is 12.5. The molecular weight excluding hydrogens is 270 g/mol. The largest absolute Gasteiger partial charge is 0.481 e. The molecule has 0 radical (unpaired) electrons. The van der Waals surface area contributed by atoms with Gasteiger partial charge in [0.2, 0.25) is 0 Å². The molecule has 4 heteroatoms. The van der Waals surface area contributed by atoms with Crippen LogP contribution in [-0.2, 0) is 11.3 Å². The molecule has 0 aliphatic rings. The van der Waals surface area contributed by atoms with Gasteiger partial charge in [0.15, 0.2) is 0 Å². The van der Waals surface area contributed by atoms with Gasteiger partial charge in [0.05, 0.1) is 12.5 Å². The molecule has 2 aromatic rings. The van der Waals surface area contributed by atoms with Crippen molar-refractivity contribution < 1.29 is 9.90 Å². The molecule has 0 aliphatic heterocycles. The average molecular weight is 289 g/mol. The predicted molar refractivity (Wildman–Crippen MR) is 82.1 cm³/mol. The van der Waals surface area contributed by atoms with Crippen LogP contribution in [0.1, 0.15) is 34.0 Å². The van der Waals surface area contributed by atoms with E-state index in [4.69, 9.17) is 5.11 Å². The lowest BCUT2D eigenvalue weighted by molar-refractivity contribution is -0.137. The SMILES string of the molecule is Cc1ccc(CNC(CC(=O)O)c2cccs2)cc1C. The number of hydrogen-bond acceptors (Lipinski definition) is 3. The molecule has 0 aliphatic carbocycles. The third-order valence-electron chi connectivity index (χ3n) is 3.39. The Balaban J connectivity index is 2.04. The number of nitrogens with one attached hydrogen (secondary N) is 1. The maximum Gasteiger partial charge on any atom is 0.305 e. The van der Waals surface area contributed by atoms with Crippen molar-refractivity contribution in [3.05, 3.63) is 57.3 Å². The normalized spacial score (nSPS) is 12.3. The van der Waals surface area contributed by atoms with Gasteiger partial charge < -0.3 is 10.4 Å². The van der Waals surface area contributed by atoms with E-state index in [-0.39, 0.29) is 12.5 Å². The summed E-state index contributed by atoms with van der Waals surface area (Å²) >= 11 is 1.59. The topological polar surface area (TPSA) is 49.3 Å². The number of thiophene rings is 1. The van der Waals surface area contributed by atoms with E-state index in [1.165, 1.54) is 16.7 Å². The Kier molecular flexibility index (Phi) is 4.93.